The van der Waals surface area contributed by atoms with Crippen molar-refractivity contribution in [3.63, 3.8) is 0 Å². The zero-order chi connectivity index (χ0) is 18.6. The number of carbonyl (C=O) groups excluding carboxylic acids is 2. The molecule has 0 unspecified atom stereocenters. The average Bonchev–Trinajstić information content (AvgIpc) is 2.58. The summed E-state index contributed by atoms with van der Waals surface area (Å²) in [6.07, 6.45) is 20.5. The van der Waals surface area contributed by atoms with Crippen LogP contribution in [0.3, 0.4) is 0 Å². The zero-order valence-electron chi connectivity index (χ0n) is 16.8. The number of nitrogens with one attached hydrogen (secondary N) is 2. The molecular formula is C21H42N2O2. The second kappa shape index (κ2) is 19.3. The molecule has 0 saturated carbocycles. The Labute approximate surface area is 155 Å². The predicted octanol–water partition coefficient (Wildman–Crippen LogP) is 5.46. The Hall–Kier alpha value is -1.06. The molecule has 0 aliphatic carbocycles. The molecule has 0 rings (SSSR count). The van der Waals surface area contributed by atoms with E-state index in [0.717, 1.165) is 12.8 Å². The normalized spacial score (nSPS) is 10.6. The smallest absolute Gasteiger partial charge is 0.221 e. The highest BCUT2D eigenvalue weighted by molar-refractivity contribution is 5.77. The summed E-state index contributed by atoms with van der Waals surface area (Å²) in [6.45, 7) is 3.96. The standard InChI is InChI=1S/C21H42N2O2/c1-3-4-5-6-7-8-9-10-11-12-13-14-15-16-17-18-21(25)23-19-22-20(2)24/h3-19H2,1-2H3,(H,22,24)(H,23,25). The third-order valence-corrected chi connectivity index (χ3v) is 4.63. The highest BCUT2D eigenvalue weighted by atomic mass is 16.2. The number of unbranched alkanes of at least 4 members (excludes halogenated alkanes) is 14. The van der Waals surface area contributed by atoms with Gasteiger partial charge in [0.1, 0.15) is 0 Å². The molecule has 0 atom stereocenters. The molecule has 0 aliphatic rings. The molecule has 4 nitrogen and oxygen atoms in total. The number of rotatable bonds is 18. The molecule has 0 fully saturated rings. The third-order valence-electron chi connectivity index (χ3n) is 4.63. The Kier molecular flexibility index (Phi) is 18.5. The minimum Gasteiger partial charge on any atom is -0.339 e. The van der Waals surface area contributed by atoms with Crippen LogP contribution in [0.25, 0.3) is 0 Å². The molecule has 2 N–H and O–H groups in total. The number of hydrogen-bond acceptors (Lipinski definition) is 2. The molecule has 0 saturated heterocycles. The molecule has 0 spiro atoms. The van der Waals surface area contributed by atoms with Gasteiger partial charge in [-0.3, -0.25) is 9.59 Å². The predicted molar refractivity (Wildman–Crippen MR) is 106 cm³/mol. The lowest BCUT2D eigenvalue weighted by Gasteiger charge is -2.05. The Morgan fingerprint density at radius 1 is 0.600 bits per heavy atom. The summed E-state index contributed by atoms with van der Waals surface area (Å²) < 4.78 is 0. The highest BCUT2D eigenvalue weighted by Gasteiger charge is 2.00. The van der Waals surface area contributed by atoms with Crippen molar-refractivity contribution >= 4 is 11.8 Å². The van der Waals surface area contributed by atoms with Crippen molar-refractivity contribution in [2.75, 3.05) is 6.67 Å². The molecule has 0 aromatic carbocycles. The molecule has 2 amide bonds. The second-order valence-electron chi connectivity index (χ2n) is 7.21. The average molecular weight is 355 g/mol. The van der Waals surface area contributed by atoms with Gasteiger partial charge in [0.15, 0.2) is 0 Å². The van der Waals surface area contributed by atoms with Crippen molar-refractivity contribution < 1.29 is 9.59 Å². The van der Waals surface area contributed by atoms with Gasteiger partial charge in [-0.1, -0.05) is 96.8 Å². The van der Waals surface area contributed by atoms with Crippen molar-refractivity contribution in [3.8, 4) is 0 Å². The minimum absolute atomic E-state index is 0.0310. The van der Waals surface area contributed by atoms with Crippen LogP contribution in [-0.2, 0) is 9.59 Å². The van der Waals surface area contributed by atoms with Gasteiger partial charge >= 0.3 is 0 Å². The van der Waals surface area contributed by atoms with Crippen molar-refractivity contribution in [2.45, 2.75) is 117 Å². The molecule has 4 heteroatoms. The maximum absolute atomic E-state index is 11.5. The Bertz CT molecular complexity index is 319. The Morgan fingerprint density at radius 3 is 1.40 bits per heavy atom. The molecule has 0 radical (unpaired) electrons. The lowest BCUT2D eigenvalue weighted by atomic mass is 10.0. The molecule has 0 aromatic heterocycles. The van der Waals surface area contributed by atoms with Crippen LogP contribution in [0.4, 0.5) is 0 Å². The summed E-state index contributed by atoms with van der Waals surface area (Å²) in [7, 11) is 0. The summed E-state index contributed by atoms with van der Waals surface area (Å²) >= 11 is 0. The summed E-state index contributed by atoms with van der Waals surface area (Å²) in [6, 6.07) is 0. The first kappa shape index (κ1) is 23.9. The Balaban J connectivity index is 3.11. The van der Waals surface area contributed by atoms with Crippen LogP contribution in [0.15, 0.2) is 0 Å². The number of carbonyl (C=O) groups is 2. The fraction of sp³-hybridized carbons (Fsp3) is 0.905. The van der Waals surface area contributed by atoms with Gasteiger partial charge in [-0.05, 0) is 6.42 Å². The van der Waals surface area contributed by atoms with Crippen LogP contribution < -0.4 is 10.6 Å². The molecule has 0 aliphatic heterocycles. The number of hydrogen-bond donors (Lipinski definition) is 2. The maximum atomic E-state index is 11.5. The van der Waals surface area contributed by atoms with E-state index in [4.69, 9.17) is 0 Å². The van der Waals surface area contributed by atoms with E-state index in [9.17, 15) is 9.59 Å². The van der Waals surface area contributed by atoms with E-state index in [1.54, 1.807) is 0 Å². The van der Waals surface area contributed by atoms with Crippen molar-refractivity contribution in [3.05, 3.63) is 0 Å². The summed E-state index contributed by atoms with van der Waals surface area (Å²) in [5, 5.41) is 5.25. The first-order valence-electron chi connectivity index (χ1n) is 10.7. The first-order chi connectivity index (χ1) is 12.2. The van der Waals surface area contributed by atoms with E-state index in [1.165, 1.54) is 90.4 Å². The van der Waals surface area contributed by atoms with Crippen LogP contribution in [0, 0.1) is 0 Å². The van der Waals surface area contributed by atoms with Gasteiger partial charge < -0.3 is 10.6 Å². The lowest BCUT2D eigenvalue weighted by Crippen LogP contribution is -2.35. The van der Waals surface area contributed by atoms with E-state index in [0.29, 0.717) is 6.42 Å². The van der Waals surface area contributed by atoms with E-state index >= 15 is 0 Å². The van der Waals surface area contributed by atoms with Gasteiger partial charge in [0.05, 0.1) is 6.67 Å². The largest absolute Gasteiger partial charge is 0.339 e. The summed E-state index contributed by atoms with van der Waals surface area (Å²) in [5.74, 6) is -0.0873. The van der Waals surface area contributed by atoms with E-state index in [2.05, 4.69) is 17.6 Å². The SMILES string of the molecule is CCCCCCCCCCCCCCCCCC(=O)NCNC(C)=O. The van der Waals surface area contributed by atoms with Crippen LogP contribution in [0.2, 0.25) is 0 Å². The molecular weight excluding hydrogens is 312 g/mol. The van der Waals surface area contributed by atoms with Gasteiger partial charge in [0.2, 0.25) is 11.8 Å². The van der Waals surface area contributed by atoms with Gasteiger partial charge in [0.25, 0.3) is 0 Å². The van der Waals surface area contributed by atoms with Gasteiger partial charge in [-0.25, -0.2) is 0 Å². The van der Waals surface area contributed by atoms with E-state index in [-0.39, 0.29) is 18.5 Å². The highest BCUT2D eigenvalue weighted by Crippen LogP contribution is 2.13. The van der Waals surface area contributed by atoms with E-state index in [1.807, 2.05) is 0 Å². The van der Waals surface area contributed by atoms with Crippen LogP contribution in [0.5, 0.6) is 0 Å². The molecule has 0 heterocycles. The van der Waals surface area contributed by atoms with Crippen molar-refractivity contribution in [1.29, 1.82) is 0 Å². The topological polar surface area (TPSA) is 58.2 Å². The zero-order valence-corrected chi connectivity index (χ0v) is 16.8. The summed E-state index contributed by atoms with van der Waals surface area (Å²) in [5.41, 5.74) is 0. The molecule has 0 aromatic rings. The molecule has 25 heavy (non-hydrogen) atoms. The fourth-order valence-electron chi connectivity index (χ4n) is 3.01. The number of amides is 2. The first-order valence-corrected chi connectivity index (χ1v) is 10.7. The molecule has 0 bridgehead atoms. The maximum Gasteiger partial charge on any atom is 0.221 e. The summed E-state index contributed by atoms with van der Waals surface area (Å²) in [4.78, 5) is 22.2. The second-order valence-corrected chi connectivity index (χ2v) is 7.21. The van der Waals surface area contributed by atoms with Gasteiger partial charge in [-0.15, -0.1) is 0 Å². The van der Waals surface area contributed by atoms with E-state index < -0.39 is 0 Å². The lowest BCUT2D eigenvalue weighted by molar-refractivity contribution is -0.122. The van der Waals surface area contributed by atoms with Gasteiger partial charge in [0, 0.05) is 13.3 Å². The van der Waals surface area contributed by atoms with Gasteiger partial charge in [-0.2, -0.15) is 0 Å². The van der Waals surface area contributed by atoms with Crippen LogP contribution in [0.1, 0.15) is 117 Å². The van der Waals surface area contributed by atoms with Crippen LogP contribution >= 0.6 is 0 Å². The van der Waals surface area contributed by atoms with Crippen molar-refractivity contribution in [1.82, 2.24) is 10.6 Å². The monoisotopic (exact) mass is 354 g/mol. The third kappa shape index (κ3) is 20.9. The fourth-order valence-corrected chi connectivity index (χ4v) is 3.01. The Morgan fingerprint density at radius 2 is 1.00 bits per heavy atom. The molecule has 148 valence electrons. The quantitative estimate of drug-likeness (QED) is 0.254. The van der Waals surface area contributed by atoms with Crippen LogP contribution in [-0.4, -0.2) is 18.5 Å². The van der Waals surface area contributed by atoms with Crippen molar-refractivity contribution in [2.24, 2.45) is 0 Å². The minimum atomic E-state index is -0.118.